The van der Waals surface area contributed by atoms with Crippen LogP contribution in [0.15, 0.2) is 60.8 Å². The fourth-order valence-corrected chi connectivity index (χ4v) is 2.13. The Labute approximate surface area is 121 Å². The summed E-state index contributed by atoms with van der Waals surface area (Å²) in [6.45, 7) is 0.615. The SMILES string of the molecule is O=[N+]([O-])c1ccc(CNc2ccc3ncccc3c2)cc1. The molecule has 0 saturated carbocycles. The number of pyridine rings is 1. The number of non-ortho nitro benzene ring substituents is 1. The lowest BCUT2D eigenvalue weighted by Crippen LogP contribution is -1.99. The van der Waals surface area contributed by atoms with E-state index >= 15 is 0 Å². The second kappa shape index (κ2) is 5.58. The number of rotatable bonds is 4. The zero-order valence-corrected chi connectivity index (χ0v) is 11.2. The molecule has 0 amide bonds. The molecule has 21 heavy (non-hydrogen) atoms. The summed E-state index contributed by atoms with van der Waals surface area (Å²) in [4.78, 5) is 14.5. The zero-order chi connectivity index (χ0) is 14.7. The van der Waals surface area contributed by atoms with Gasteiger partial charge in [0.05, 0.1) is 10.4 Å². The molecule has 0 aliphatic rings. The van der Waals surface area contributed by atoms with Crippen molar-refractivity contribution in [1.29, 1.82) is 0 Å². The van der Waals surface area contributed by atoms with E-state index < -0.39 is 4.92 Å². The second-order valence-corrected chi connectivity index (χ2v) is 4.69. The maximum absolute atomic E-state index is 10.6. The molecule has 0 fully saturated rings. The van der Waals surface area contributed by atoms with Crippen LogP contribution in [0.5, 0.6) is 0 Å². The van der Waals surface area contributed by atoms with Gasteiger partial charge >= 0.3 is 0 Å². The highest BCUT2D eigenvalue weighted by Gasteiger charge is 2.03. The third-order valence-electron chi connectivity index (χ3n) is 3.25. The van der Waals surface area contributed by atoms with Crippen molar-refractivity contribution in [2.75, 3.05) is 5.32 Å². The highest BCUT2D eigenvalue weighted by Crippen LogP contribution is 2.18. The number of nitro groups is 1. The summed E-state index contributed by atoms with van der Waals surface area (Å²) >= 11 is 0. The van der Waals surface area contributed by atoms with Gasteiger partial charge in [0.25, 0.3) is 5.69 Å². The number of anilines is 1. The van der Waals surface area contributed by atoms with Crippen LogP contribution in [-0.4, -0.2) is 9.91 Å². The van der Waals surface area contributed by atoms with E-state index in [1.165, 1.54) is 12.1 Å². The van der Waals surface area contributed by atoms with Crippen molar-refractivity contribution >= 4 is 22.3 Å². The largest absolute Gasteiger partial charge is 0.381 e. The van der Waals surface area contributed by atoms with Crippen molar-refractivity contribution in [1.82, 2.24) is 4.98 Å². The Hall–Kier alpha value is -2.95. The predicted octanol–water partition coefficient (Wildman–Crippen LogP) is 3.76. The normalized spacial score (nSPS) is 10.5. The van der Waals surface area contributed by atoms with Gasteiger partial charge in [0.1, 0.15) is 0 Å². The number of nitrogens with zero attached hydrogens (tertiary/aromatic N) is 2. The van der Waals surface area contributed by atoms with Crippen LogP contribution in [0.1, 0.15) is 5.56 Å². The Balaban J connectivity index is 1.72. The van der Waals surface area contributed by atoms with Crippen LogP contribution in [0, 0.1) is 10.1 Å². The van der Waals surface area contributed by atoms with Gasteiger partial charge in [-0.1, -0.05) is 18.2 Å². The molecule has 5 heteroatoms. The minimum atomic E-state index is -0.395. The smallest absolute Gasteiger partial charge is 0.269 e. The number of fused-ring (bicyclic) bond motifs is 1. The Morgan fingerprint density at radius 1 is 1.10 bits per heavy atom. The summed E-state index contributed by atoms with van der Waals surface area (Å²) in [6.07, 6.45) is 1.77. The molecule has 0 bridgehead atoms. The number of hydrogen-bond donors (Lipinski definition) is 1. The number of aromatic nitrogens is 1. The lowest BCUT2D eigenvalue weighted by Gasteiger charge is -2.07. The van der Waals surface area contributed by atoms with Gasteiger partial charge in [-0.3, -0.25) is 15.1 Å². The summed E-state index contributed by atoms with van der Waals surface area (Å²) in [5.74, 6) is 0. The number of nitro benzene ring substituents is 1. The second-order valence-electron chi connectivity index (χ2n) is 4.69. The van der Waals surface area contributed by atoms with E-state index in [2.05, 4.69) is 10.3 Å². The monoisotopic (exact) mass is 279 g/mol. The Morgan fingerprint density at radius 3 is 2.67 bits per heavy atom. The highest BCUT2D eigenvalue weighted by atomic mass is 16.6. The molecule has 1 heterocycles. The highest BCUT2D eigenvalue weighted by molar-refractivity contribution is 5.82. The fraction of sp³-hybridized carbons (Fsp3) is 0.0625. The van der Waals surface area contributed by atoms with E-state index in [4.69, 9.17) is 0 Å². The number of nitrogens with one attached hydrogen (secondary N) is 1. The molecule has 1 aromatic heterocycles. The minimum absolute atomic E-state index is 0.107. The van der Waals surface area contributed by atoms with Crippen LogP contribution in [0.3, 0.4) is 0 Å². The standard InChI is InChI=1S/C16H13N3O2/c20-19(21)15-6-3-12(4-7-15)11-18-14-5-8-16-13(10-14)2-1-9-17-16/h1-10,18H,11H2. The molecule has 0 spiro atoms. The van der Waals surface area contributed by atoms with E-state index in [1.807, 2.05) is 30.3 Å². The van der Waals surface area contributed by atoms with E-state index in [0.717, 1.165) is 22.2 Å². The Bertz CT molecular complexity index is 785. The molecule has 3 rings (SSSR count). The van der Waals surface area contributed by atoms with Crippen molar-refractivity contribution in [2.45, 2.75) is 6.54 Å². The third-order valence-corrected chi connectivity index (χ3v) is 3.25. The van der Waals surface area contributed by atoms with Gasteiger partial charge in [0.15, 0.2) is 0 Å². The van der Waals surface area contributed by atoms with E-state index in [-0.39, 0.29) is 5.69 Å². The summed E-state index contributed by atoms with van der Waals surface area (Å²) in [5, 5.41) is 15.0. The maximum Gasteiger partial charge on any atom is 0.269 e. The Kier molecular flexibility index (Phi) is 3.47. The fourth-order valence-electron chi connectivity index (χ4n) is 2.13. The summed E-state index contributed by atoms with van der Waals surface area (Å²) in [5.41, 5.74) is 3.05. The first-order valence-corrected chi connectivity index (χ1v) is 6.54. The molecule has 2 aromatic carbocycles. The molecule has 0 saturated heterocycles. The molecule has 104 valence electrons. The average molecular weight is 279 g/mol. The van der Waals surface area contributed by atoms with Crippen LogP contribution in [0.25, 0.3) is 10.9 Å². The van der Waals surface area contributed by atoms with Crippen LogP contribution >= 0.6 is 0 Å². The summed E-state index contributed by atoms with van der Waals surface area (Å²) < 4.78 is 0. The average Bonchev–Trinajstić information content (AvgIpc) is 2.53. The topological polar surface area (TPSA) is 68.1 Å². The first-order chi connectivity index (χ1) is 10.2. The van der Waals surface area contributed by atoms with Gasteiger partial charge in [-0.2, -0.15) is 0 Å². The van der Waals surface area contributed by atoms with Gasteiger partial charge in [0, 0.05) is 35.9 Å². The van der Waals surface area contributed by atoms with Gasteiger partial charge in [-0.05, 0) is 29.8 Å². The summed E-state index contributed by atoms with van der Waals surface area (Å²) in [6, 6.07) is 16.4. The van der Waals surface area contributed by atoms with Crippen LogP contribution in [0.2, 0.25) is 0 Å². The molecular formula is C16H13N3O2. The van der Waals surface area contributed by atoms with E-state index in [0.29, 0.717) is 6.54 Å². The van der Waals surface area contributed by atoms with Crippen LogP contribution < -0.4 is 5.32 Å². The summed E-state index contributed by atoms with van der Waals surface area (Å²) in [7, 11) is 0. The molecule has 3 aromatic rings. The number of benzene rings is 2. The van der Waals surface area contributed by atoms with Crippen LogP contribution in [-0.2, 0) is 6.54 Å². The molecule has 0 atom stereocenters. The quantitative estimate of drug-likeness (QED) is 0.583. The lowest BCUT2D eigenvalue weighted by atomic mass is 10.1. The first kappa shape index (κ1) is 13.1. The molecule has 5 nitrogen and oxygen atoms in total. The molecule has 0 aliphatic heterocycles. The van der Waals surface area contributed by atoms with Crippen molar-refractivity contribution in [3.63, 3.8) is 0 Å². The van der Waals surface area contributed by atoms with Crippen molar-refractivity contribution in [3.8, 4) is 0 Å². The van der Waals surface area contributed by atoms with Gasteiger partial charge in [-0.15, -0.1) is 0 Å². The van der Waals surface area contributed by atoms with Crippen molar-refractivity contribution in [2.24, 2.45) is 0 Å². The molecule has 0 radical (unpaired) electrons. The van der Waals surface area contributed by atoms with Gasteiger partial charge < -0.3 is 5.32 Å². The molecular weight excluding hydrogens is 266 g/mol. The number of hydrogen-bond acceptors (Lipinski definition) is 4. The van der Waals surface area contributed by atoms with Crippen molar-refractivity contribution < 1.29 is 4.92 Å². The first-order valence-electron chi connectivity index (χ1n) is 6.54. The maximum atomic E-state index is 10.6. The molecule has 0 aliphatic carbocycles. The zero-order valence-electron chi connectivity index (χ0n) is 11.2. The van der Waals surface area contributed by atoms with Crippen molar-refractivity contribution in [3.05, 3.63) is 76.5 Å². The third kappa shape index (κ3) is 2.97. The van der Waals surface area contributed by atoms with Crippen LogP contribution in [0.4, 0.5) is 11.4 Å². The molecule has 1 N–H and O–H groups in total. The molecule has 0 unspecified atom stereocenters. The Morgan fingerprint density at radius 2 is 1.90 bits per heavy atom. The van der Waals surface area contributed by atoms with E-state index in [9.17, 15) is 10.1 Å². The lowest BCUT2D eigenvalue weighted by molar-refractivity contribution is -0.384. The van der Waals surface area contributed by atoms with Gasteiger partial charge in [-0.25, -0.2) is 0 Å². The van der Waals surface area contributed by atoms with E-state index in [1.54, 1.807) is 18.3 Å². The predicted molar refractivity (Wildman–Crippen MR) is 82.2 cm³/mol. The minimum Gasteiger partial charge on any atom is -0.381 e. The van der Waals surface area contributed by atoms with Gasteiger partial charge in [0.2, 0.25) is 0 Å².